The van der Waals surface area contributed by atoms with E-state index in [2.05, 4.69) is 14.1 Å². The topological polar surface area (TPSA) is 75.2 Å². The average Bonchev–Trinajstić information content (AvgIpc) is 2.73. The summed E-state index contributed by atoms with van der Waals surface area (Å²) in [4.78, 5) is 0.239. The lowest BCUT2D eigenvalue weighted by molar-refractivity contribution is 0.274. The monoisotopic (exact) mass is 284 g/mol. The number of hydrogen-bond donors (Lipinski definition) is 1. The number of aromatic nitrogens is 2. The molecule has 6 nitrogen and oxygen atoms in total. The van der Waals surface area contributed by atoms with Crippen LogP contribution in [0.15, 0.2) is 23.1 Å². The normalized spacial score (nSPS) is 17.2. The van der Waals surface area contributed by atoms with Crippen LogP contribution in [0.5, 0.6) is 0 Å². The molecule has 96 valence electrons. The van der Waals surface area contributed by atoms with Gasteiger partial charge in [-0.15, -0.1) is 0 Å². The Kier molecular flexibility index (Phi) is 2.81. The van der Waals surface area contributed by atoms with Gasteiger partial charge >= 0.3 is 0 Å². The maximum Gasteiger partial charge on any atom is 0.245 e. The smallest absolute Gasteiger partial charge is 0.245 e. The summed E-state index contributed by atoms with van der Waals surface area (Å²) >= 11 is 1.03. The van der Waals surface area contributed by atoms with Crippen molar-refractivity contribution in [3.63, 3.8) is 0 Å². The van der Waals surface area contributed by atoms with E-state index in [9.17, 15) is 8.42 Å². The molecule has 1 N–H and O–H groups in total. The molecule has 1 aromatic heterocycles. The van der Waals surface area contributed by atoms with Crippen LogP contribution in [0.1, 0.15) is 0 Å². The standard InChI is InChI=1S/C10H12N4O2S2/c1-14(7-5-11-6-7)18(15,16)9-4-2-3-8-10(9)13-17-12-8/h2-4,7,11H,5-6H2,1H3. The lowest BCUT2D eigenvalue weighted by Crippen LogP contribution is -2.57. The van der Waals surface area contributed by atoms with Crippen LogP contribution in [0.4, 0.5) is 0 Å². The molecule has 1 aromatic carbocycles. The molecule has 0 saturated carbocycles. The molecule has 2 heterocycles. The highest BCUT2D eigenvalue weighted by Crippen LogP contribution is 2.25. The van der Waals surface area contributed by atoms with Gasteiger partial charge in [-0.2, -0.15) is 13.1 Å². The predicted molar refractivity (Wildman–Crippen MR) is 69.0 cm³/mol. The van der Waals surface area contributed by atoms with Crippen molar-refractivity contribution < 1.29 is 8.42 Å². The molecule has 0 bridgehead atoms. The first-order valence-electron chi connectivity index (χ1n) is 5.51. The van der Waals surface area contributed by atoms with Gasteiger partial charge in [-0.05, 0) is 12.1 Å². The molecule has 18 heavy (non-hydrogen) atoms. The lowest BCUT2D eigenvalue weighted by Gasteiger charge is -2.34. The number of benzene rings is 1. The third kappa shape index (κ3) is 1.72. The molecule has 3 rings (SSSR count). The molecule has 0 atom stereocenters. The minimum atomic E-state index is -3.50. The predicted octanol–water partition coefficient (Wildman–Crippen LogP) is 0.284. The molecule has 1 aliphatic heterocycles. The first-order valence-corrected chi connectivity index (χ1v) is 7.68. The van der Waals surface area contributed by atoms with Gasteiger partial charge in [-0.25, -0.2) is 8.42 Å². The van der Waals surface area contributed by atoms with E-state index in [0.717, 1.165) is 11.7 Å². The summed E-state index contributed by atoms with van der Waals surface area (Å²) in [6.07, 6.45) is 0. The van der Waals surface area contributed by atoms with Crippen molar-refractivity contribution in [2.75, 3.05) is 20.1 Å². The number of likely N-dealkylation sites (N-methyl/N-ethyl adjacent to an activating group) is 1. The Morgan fingerprint density at radius 1 is 1.39 bits per heavy atom. The Balaban J connectivity index is 2.10. The molecule has 0 radical (unpaired) electrons. The molecule has 1 aliphatic rings. The molecule has 0 amide bonds. The summed E-state index contributed by atoms with van der Waals surface area (Å²) in [6.45, 7) is 1.39. The van der Waals surface area contributed by atoms with Gasteiger partial charge < -0.3 is 5.32 Å². The number of sulfonamides is 1. The molecular weight excluding hydrogens is 272 g/mol. The number of nitrogens with zero attached hydrogens (tertiary/aromatic N) is 3. The maximum atomic E-state index is 12.5. The minimum absolute atomic E-state index is 0.0249. The third-order valence-electron chi connectivity index (χ3n) is 3.18. The van der Waals surface area contributed by atoms with E-state index in [1.807, 2.05) is 0 Å². The van der Waals surface area contributed by atoms with E-state index >= 15 is 0 Å². The summed E-state index contributed by atoms with van der Waals surface area (Å²) < 4.78 is 34.6. The quantitative estimate of drug-likeness (QED) is 0.876. The van der Waals surface area contributed by atoms with E-state index < -0.39 is 10.0 Å². The molecule has 2 aromatic rings. The van der Waals surface area contributed by atoms with Gasteiger partial charge in [0.2, 0.25) is 10.0 Å². The minimum Gasteiger partial charge on any atom is -0.313 e. The van der Waals surface area contributed by atoms with E-state index in [1.54, 1.807) is 25.2 Å². The maximum absolute atomic E-state index is 12.5. The Labute approximate surface area is 109 Å². The second-order valence-electron chi connectivity index (χ2n) is 4.22. The molecule has 0 spiro atoms. The SMILES string of the molecule is CN(C1CNC1)S(=O)(=O)c1cccc2nsnc12. The van der Waals surface area contributed by atoms with Gasteiger partial charge in [-0.1, -0.05) is 6.07 Å². The van der Waals surface area contributed by atoms with Crippen molar-refractivity contribution in [3.8, 4) is 0 Å². The fourth-order valence-electron chi connectivity index (χ4n) is 1.87. The zero-order chi connectivity index (χ0) is 12.8. The van der Waals surface area contributed by atoms with Gasteiger partial charge in [0.15, 0.2) is 0 Å². The van der Waals surface area contributed by atoms with Crippen LogP contribution < -0.4 is 5.32 Å². The lowest BCUT2D eigenvalue weighted by atomic mass is 10.2. The summed E-state index contributed by atoms with van der Waals surface area (Å²) in [5, 5.41) is 3.07. The van der Waals surface area contributed by atoms with E-state index in [-0.39, 0.29) is 10.9 Å². The van der Waals surface area contributed by atoms with Gasteiger partial charge in [0, 0.05) is 26.2 Å². The van der Waals surface area contributed by atoms with Gasteiger partial charge in [0.25, 0.3) is 0 Å². The molecule has 8 heteroatoms. The third-order valence-corrected chi connectivity index (χ3v) is 5.66. The molecule has 1 fully saturated rings. The van der Waals surface area contributed by atoms with Crippen molar-refractivity contribution in [3.05, 3.63) is 18.2 Å². The summed E-state index contributed by atoms with van der Waals surface area (Å²) in [6, 6.07) is 5.07. The van der Waals surface area contributed by atoms with Gasteiger partial charge in [0.1, 0.15) is 15.9 Å². The van der Waals surface area contributed by atoms with E-state index in [1.165, 1.54) is 4.31 Å². The van der Waals surface area contributed by atoms with Crippen LogP contribution in [0.25, 0.3) is 11.0 Å². The molecular formula is C10H12N4O2S2. The van der Waals surface area contributed by atoms with Crippen LogP contribution in [0.3, 0.4) is 0 Å². The highest BCUT2D eigenvalue weighted by Gasteiger charge is 2.33. The highest BCUT2D eigenvalue weighted by atomic mass is 32.2. The molecule has 1 saturated heterocycles. The van der Waals surface area contributed by atoms with E-state index in [4.69, 9.17) is 0 Å². The van der Waals surface area contributed by atoms with Crippen molar-refractivity contribution in [2.45, 2.75) is 10.9 Å². The van der Waals surface area contributed by atoms with Crippen LogP contribution in [-0.2, 0) is 10.0 Å². The summed E-state index contributed by atoms with van der Waals surface area (Å²) in [7, 11) is -1.89. The first-order chi connectivity index (χ1) is 8.60. The van der Waals surface area contributed by atoms with Crippen molar-refractivity contribution in [2.24, 2.45) is 0 Å². The van der Waals surface area contributed by atoms with E-state index in [0.29, 0.717) is 24.1 Å². The number of fused-ring (bicyclic) bond motifs is 1. The zero-order valence-corrected chi connectivity index (χ0v) is 11.3. The largest absolute Gasteiger partial charge is 0.313 e. The second-order valence-corrected chi connectivity index (χ2v) is 6.72. The number of hydrogen-bond acceptors (Lipinski definition) is 6. The number of rotatable bonds is 3. The Bertz CT molecular complexity index is 678. The fourth-order valence-corrected chi connectivity index (χ4v) is 3.98. The second kappa shape index (κ2) is 4.23. The van der Waals surface area contributed by atoms with Gasteiger partial charge in [-0.3, -0.25) is 0 Å². The van der Waals surface area contributed by atoms with Crippen molar-refractivity contribution in [1.29, 1.82) is 0 Å². The summed E-state index contributed by atoms with van der Waals surface area (Å²) in [5.74, 6) is 0. The van der Waals surface area contributed by atoms with Gasteiger partial charge in [0.05, 0.1) is 11.7 Å². The van der Waals surface area contributed by atoms with Crippen LogP contribution in [0, 0.1) is 0 Å². The Hall–Kier alpha value is -1.09. The Morgan fingerprint density at radius 3 is 2.83 bits per heavy atom. The van der Waals surface area contributed by atoms with Crippen LogP contribution >= 0.6 is 11.7 Å². The first kappa shape index (κ1) is 12.0. The van der Waals surface area contributed by atoms with Crippen molar-refractivity contribution >= 4 is 32.8 Å². The Morgan fingerprint density at radius 2 is 2.17 bits per heavy atom. The highest BCUT2D eigenvalue weighted by molar-refractivity contribution is 7.89. The molecule has 0 unspecified atom stereocenters. The van der Waals surface area contributed by atoms with Crippen molar-refractivity contribution in [1.82, 2.24) is 18.4 Å². The molecule has 0 aliphatic carbocycles. The summed E-state index contributed by atoms with van der Waals surface area (Å²) in [5.41, 5.74) is 1.09. The fraction of sp³-hybridized carbons (Fsp3) is 0.400. The number of nitrogens with one attached hydrogen (secondary N) is 1. The average molecular weight is 284 g/mol. The zero-order valence-electron chi connectivity index (χ0n) is 9.70. The van der Waals surface area contributed by atoms with Crippen LogP contribution in [0.2, 0.25) is 0 Å². The van der Waals surface area contributed by atoms with Crippen LogP contribution in [-0.4, -0.2) is 47.6 Å².